The Labute approximate surface area is 159 Å². The molecule has 0 saturated heterocycles. The summed E-state index contributed by atoms with van der Waals surface area (Å²) in [5, 5.41) is 15.5. The highest BCUT2D eigenvalue weighted by molar-refractivity contribution is 6.33. The molecule has 1 N–H and O–H groups in total. The van der Waals surface area contributed by atoms with Crippen molar-refractivity contribution < 1.29 is 9.32 Å². The summed E-state index contributed by atoms with van der Waals surface area (Å²) in [4.78, 5) is 16.7. The van der Waals surface area contributed by atoms with E-state index in [9.17, 15) is 4.79 Å². The van der Waals surface area contributed by atoms with Crippen molar-refractivity contribution in [3.63, 3.8) is 0 Å². The first kappa shape index (κ1) is 17.2. The molecule has 0 radical (unpaired) electrons. The Hall–Kier alpha value is -3.26. The first-order valence-electron chi connectivity index (χ1n) is 8.35. The molecule has 0 unspecified atom stereocenters. The van der Waals surface area contributed by atoms with Crippen LogP contribution in [0.15, 0.2) is 47.1 Å². The lowest BCUT2D eigenvalue weighted by atomic mass is 10.2. The van der Waals surface area contributed by atoms with Gasteiger partial charge in [-0.2, -0.15) is 4.98 Å². The third-order valence-electron chi connectivity index (χ3n) is 4.05. The minimum atomic E-state index is -0.280. The second-order valence-electron chi connectivity index (χ2n) is 5.76. The maximum absolute atomic E-state index is 12.3. The van der Waals surface area contributed by atoms with Gasteiger partial charge < -0.3 is 9.84 Å². The fourth-order valence-corrected chi connectivity index (χ4v) is 2.88. The summed E-state index contributed by atoms with van der Waals surface area (Å²) in [5.74, 6) is 1.30. The van der Waals surface area contributed by atoms with Crippen LogP contribution < -0.4 is 5.32 Å². The largest absolute Gasteiger partial charge is 0.345 e. The summed E-state index contributed by atoms with van der Waals surface area (Å²) in [6.45, 7) is 2.14. The number of aryl methyl sites for hydroxylation is 1. The van der Waals surface area contributed by atoms with E-state index in [1.807, 2.05) is 25.3 Å². The minimum absolute atomic E-state index is 0.193. The molecule has 136 valence electrons. The molecular weight excluding hydrogens is 368 g/mol. The van der Waals surface area contributed by atoms with E-state index in [2.05, 4.69) is 25.7 Å². The van der Waals surface area contributed by atoms with Crippen LogP contribution in [0.3, 0.4) is 0 Å². The van der Waals surface area contributed by atoms with Crippen LogP contribution in [0.1, 0.15) is 28.9 Å². The average Bonchev–Trinajstić information content (AvgIpc) is 3.33. The molecule has 3 heterocycles. The maximum atomic E-state index is 12.3. The van der Waals surface area contributed by atoms with Gasteiger partial charge in [-0.1, -0.05) is 35.8 Å². The van der Waals surface area contributed by atoms with Crippen molar-refractivity contribution in [1.82, 2.24) is 30.1 Å². The predicted molar refractivity (Wildman–Crippen MR) is 98.3 cm³/mol. The monoisotopic (exact) mass is 382 g/mol. The van der Waals surface area contributed by atoms with Gasteiger partial charge in [-0.25, -0.2) is 0 Å². The average molecular weight is 383 g/mol. The van der Waals surface area contributed by atoms with Gasteiger partial charge in [0.25, 0.3) is 11.8 Å². The van der Waals surface area contributed by atoms with Gasteiger partial charge in [0.15, 0.2) is 17.3 Å². The first-order valence-corrected chi connectivity index (χ1v) is 8.73. The number of carbonyl (C=O) groups is 1. The number of rotatable bonds is 5. The van der Waals surface area contributed by atoms with Crippen molar-refractivity contribution >= 4 is 23.2 Å². The van der Waals surface area contributed by atoms with Gasteiger partial charge in [0.2, 0.25) is 0 Å². The molecule has 0 aliphatic heterocycles. The van der Waals surface area contributed by atoms with Crippen molar-refractivity contribution in [2.75, 3.05) is 0 Å². The lowest BCUT2D eigenvalue weighted by Crippen LogP contribution is -2.24. The van der Waals surface area contributed by atoms with E-state index in [1.54, 1.807) is 28.7 Å². The number of nitrogens with one attached hydrogen (secondary N) is 1. The number of fused-ring (bicyclic) bond motifs is 1. The van der Waals surface area contributed by atoms with Gasteiger partial charge in [0, 0.05) is 12.6 Å². The lowest BCUT2D eigenvalue weighted by molar-refractivity contribution is 0.0950. The van der Waals surface area contributed by atoms with E-state index in [0.717, 1.165) is 0 Å². The lowest BCUT2D eigenvalue weighted by Gasteiger charge is -2.06. The standard InChI is InChI=1S/C18H15ClN6O2/c1-2-14-21-18(27-24-14)12-7-5-9-25-15(22-23-16(12)25)10-20-17(26)11-6-3-4-8-13(11)19/h3-9H,2,10H2,1H3,(H,20,26). The van der Waals surface area contributed by atoms with Crippen LogP contribution in [0, 0.1) is 0 Å². The van der Waals surface area contributed by atoms with Gasteiger partial charge >= 0.3 is 0 Å². The molecule has 0 spiro atoms. The van der Waals surface area contributed by atoms with Crippen molar-refractivity contribution in [2.24, 2.45) is 0 Å². The number of pyridine rings is 1. The summed E-state index contributed by atoms with van der Waals surface area (Å²) in [7, 11) is 0. The molecule has 8 nitrogen and oxygen atoms in total. The SMILES string of the molecule is CCc1noc(-c2cccn3c(CNC(=O)c4ccccc4Cl)nnc23)n1. The summed E-state index contributed by atoms with van der Waals surface area (Å²) in [6, 6.07) is 10.5. The van der Waals surface area contributed by atoms with Crippen LogP contribution in [0.2, 0.25) is 5.02 Å². The molecule has 3 aromatic heterocycles. The van der Waals surface area contributed by atoms with E-state index in [-0.39, 0.29) is 12.5 Å². The molecule has 0 aliphatic carbocycles. The number of hydrogen-bond donors (Lipinski definition) is 1. The normalized spacial score (nSPS) is 11.0. The topological polar surface area (TPSA) is 98.2 Å². The Morgan fingerprint density at radius 3 is 2.85 bits per heavy atom. The molecule has 4 rings (SSSR count). The van der Waals surface area contributed by atoms with Crippen molar-refractivity contribution in [3.8, 4) is 11.5 Å². The van der Waals surface area contributed by atoms with Crippen LogP contribution in [0.5, 0.6) is 0 Å². The summed E-state index contributed by atoms with van der Waals surface area (Å²) < 4.78 is 7.08. The van der Waals surface area contributed by atoms with Gasteiger partial charge in [0.05, 0.1) is 22.7 Å². The number of amides is 1. The molecule has 0 fully saturated rings. The number of carbonyl (C=O) groups excluding carboxylic acids is 1. The molecule has 27 heavy (non-hydrogen) atoms. The molecule has 1 aromatic carbocycles. The molecule has 0 bridgehead atoms. The van der Waals surface area contributed by atoms with E-state index in [0.29, 0.717) is 45.8 Å². The number of aromatic nitrogens is 5. The second kappa shape index (κ2) is 7.16. The third-order valence-corrected chi connectivity index (χ3v) is 4.38. The zero-order valence-electron chi connectivity index (χ0n) is 14.4. The van der Waals surface area contributed by atoms with E-state index in [4.69, 9.17) is 16.1 Å². The quantitative estimate of drug-likeness (QED) is 0.569. The predicted octanol–water partition coefficient (Wildman–Crippen LogP) is 2.93. The zero-order valence-corrected chi connectivity index (χ0v) is 15.1. The number of halogens is 1. The fraction of sp³-hybridized carbons (Fsp3) is 0.167. The Bertz CT molecular complexity index is 1120. The second-order valence-corrected chi connectivity index (χ2v) is 6.17. The van der Waals surface area contributed by atoms with E-state index in [1.165, 1.54) is 0 Å². The summed E-state index contributed by atoms with van der Waals surface area (Å²) in [5.41, 5.74) is 1.67. The van der Waals surface area contributed by atoms with Crippen LogP contribution >= 0.6 is 11.6 Å². The van der Waals surface area contributed by atoms with Crippen molar-refractivity contribution in [2.45, 2.75) is 19.9 Å². The van der Waals surface area contributed by atoms with Gasteiger partial charge in [-0.15, -0.1) is 10.2 Å². The number of nitrogens with zero attached hydrogens (tertiary/aromatic N) is 5. The van der Waals surface area contributed by atoms with Crippen molar-refractivity contribution in [3.05, 3.63) is 64.8 Å². The molecule has 1 amide bonds. The summed E-state index contributed by atoms with van der Waals surface area (Å²) >= 11 is 6.06. The van der Waals surface area contributed by atoms with Crippen LogP contribution in [-0.2, 0) is 13.0 Å². The smallest absolute Gasteiger partial charge is 0.261 e. The van der Waals surface area contributed by atoms with Crippen LogP contribution in [-0.4, -0.2) is 30.6 Å². The minimum Gasteiger partial charge on any atom is -0.345 e. The highest BCUT2D eigenvalue weighted by Gasteiger charge is 2.16. The number of benzene rings is 1. The van der Waals surface area contributed by atoms with Crippen LogP contribution in [0.25, 0.3) is 17.1 Å². The van der Waals surface area contributed by atoms with Crippen molar-refractivity contribution in [1.29, 1.82) is 0 Å². The molecule has 0 atom stereocenters. The molecule has 0 saturated carbocycles. The summed E-state index contributed by atoms with van der Waals surface area (Å²) in [6.07, 6.45) is 2.49. The van der Waals surface area contributed by atoms with E-state index < -0.39 is 0 Å². The number of hydrogen-bond acceptors (Lipinski definition) is 6. The van der Waals surface area contributed by atoms with Crippen LogP contribution in [0.4, 0.5) is 0 Å². The molecule has 9 heteroatoms. The van der Waals surface area contributed by atoms with Gasteiger partial charge in [-0.3, -0.25) is 9.20 Å². The molecular formula is C18H15ClN6O2. The Morgan fingerprint density at radius 1 is 1.22 bits per heavy atom. The third kappa shape index (κ3) is 3.26. The molecule has 4 aromatic rings. The van der Waals surface area contributed by atoms with E-state index >= 15 is 0 Å². The van der Waals surface area contributed by atoms with Gasteiger partial charge in [0.1, 0.15) is 0 Å². The Morgan fingerprint density at radius 2 is 2.07 bits per heavy atom. The Kier molecular flexibility index (Phi) is 4.55. The highest BCUT2D eigenvalue weighted by Crippen LogP contribution is 2.22. The molecule has 0 aliphatic rings. The zero-order chi connectivity index (χ0) is 18.8. The highest BCUT2D eigenvalue weighted by atomic mass is 35.5. The fourth-order valence-electron chi connectivity index (χ4n) is 2.66. The maximum Gasteiger partial charge on any atom is 0.261 e. The first-order chi connectivity index (χ1) is 13.2. The van der Waals surface area contributed by atoms with Gasteiger partial charge in [-0.05, 0) is 24.3 Å². The Balaban J connectivity index is 1.60.